The predicted molar refractivity (Wildman–Crippen MR) is 69.8 cm³/mol. The summed E-state index contributed by atoms with van der Waals surface area (Å²) >= 11 is 0. The Hall–Kier alpha value is -1.98. The zero-order chi connectivity index (χ0) is 12.7. The third-order valence-corrected chi connectivity index (χ3v) is 4.02. The molecule has 2 aromatic heterocycles. The smallest absolute Gasteiger partial charge is 0.138 e. The van der Waals surface area contributed by atoms with Gasteiger partial charge in [-0.2, -0.15) is 5.10 Å². The second-order valence-electron chi connectivity index (χ2n) is 5.24. The maximum atomic E-state index is 4.42. The Balaban J connectivity index is 1.55. The van der Waals surface area contributed by atoms with Crippen LogP contribution in [0.15, 0.2) is 12.7 Å². The molecule has 0 saturated heterocycles. The molecule has 1 atom stereocenters. The van der Waals surface area contributed by atoms with Gasteiger partial charge in [0.15, 0.2) is 0 Å². The summed E-state index contributed by atoms with van der Waals surface area (Å²) in [5, 5.41) is 7.83. The largest absolute Gasteiger partial charge is 0.365 e. The van der Waals surface area contributed by atoms with Crippen molar-refractivity contribution in [3.05, 3.63) is 29.7 Å². The van der Waals surface area contributed by atoms with Crippen molar-refractivity contribution in [2.45, 2.75) is 44.7 Å². The Kier molecular flexibility index (Phi) is 2.46. The molecule has 0 unspecified atom stereocenters. The van der Waals surface area contributed by atoms with Gasteiger partial charge in [0.05, 0.1) is 6.54 Å². The third-order valence-electron chi connectivity index (χ3n) is 4.02. The molecule has 6 nitrogen and oxygen atoms in total. The Morgan fingerprint density at radius 1 is 1.11 bits per heavy atom. The molecule has 19 heavy (non-hydrogen) atoms. The van der Waals surface area contributed by atoms with Gasteiger partial charge in [-0.15, -0.1) is 0 Å². The van der Waals surface area contributed by atoms with Crippen molar-refractivity contribution in [3.63, 3.8) is 0 Å². The van der Waals surface area contributed by atoms with E-state index in [2.05, 4.69) is 25.4 Å². The minimum Gasteiger partial charge on any atom is -0.365 e. The van der Waals surface area contributed by atoms with Crippen LogP contribution in [0.1, 0.15) is 29.9 Å². The average molecular weight is 256 g/mol. The second-order valence-corrected chi connectivity index (χ2v) is 5.24. The number of fused-ring (bicyclic) bond motifs is 2. The zero-order valence-corrected chi connectivity index (χ0v) is 10.7. The third kappa shape index (κ3) is 1.87. The lowest BCUT2D eigenvalue weighted by Gasteiger charge is -2.24. The molecule has 98 valence electrons. The summed E-state index contributed by atoms with van der Waals surface area (Å²) in [4.78, 5) is 13.0. The van der Waals surface area contributed by atoms with E-state index in [4.69, 9.17) is 0 Å². The van der Waals surface area contributed by atoms with E-state index in [0.29, 0.717) is 6.04 Å². The molecule has 0 fully saturated rings. The first-order chi connectivity index (χ1) is 9.40. The molecule has 1 aliphatic carbocycles. The van der Waals surface area contributed by atoms with Crippen LogP contribution in [0.5, 0.6) is 0 Å². The fourth-order valence-corrected chi connectivity index (χ4v) is 3.03. The number of nitrogens with one attached hydrogen (secondary N) is 1. The lowest BCUT2D eigenvalue weighted by molar-refractivity contribution is 0.440. The topological polar surface area (TPSA) is 68.5 Å². The van der Waals surface area contributed by atoms with Gasteiger partial charge in [-0.05, 0) is 25.7 Å². The maximum absolute atomic E-state index is 4.42. The molecule has 1 aliphatic heterocycles. The van der Waals surface area contributed by atoms with Crippen LogP contribution >= 0.6 is 0 Å². The van der Waals surface area contributed by atoms with Gasteiger partial charge < -0.3 is 5.32 Å². The minimum absolute atomic E-state index is 0.383. The van der Waals surface area contributed by atoms with Gasteiger partial charge in [0.2, 0.25) is 0 Å². The Bertz CT molecular complexity index is 605. The van der Waals surface area contributed by atoms with Gasteiger partial charge in [0, 0.05) is 23.7 Å². The van der Waals surface area contributed by atoms with Crippen LogP contribution in [0.4, 0.5) is 5.82 Å². The second kappa shape index (κ2) is 4.29. The standard InChI is InChI=1S/C13H16N6/c1-2-10-11(3-1)14-7-16-13(10)18-9-4-5-12-15-8-17-19(12)6-9/h7-9H,1-6H2,(H,14,16,18)/t9-/m0/s1. The highest BCUT2D eigenvalue weighted by atomic mass is 15.3. The summed E-state index contributed by atoms with van der Waals surface area (Å²) < 4.78 is 1.99. The monoisotopic (exact) mass is 256 g/mol. The van der Waals surface area contributed by atoms with E-state index in [1.807, 2.05) is 4.68 Å². The Morgan fingerprint density at radius 2 is 2.11 bits per heavy atom. The lowest BCUT2D eigenvalue weighted by atomic mass is 10.1. The van der Waals surface area contributed by atoms with Crippen molar-refractivity contribution in [2.24, 2.45) is 0 Å². The molecule has 1 N–H and O–H groups in total. The van der Waals surface area contributed by atoms with Crippen LogP contribution in [-0.2, 0) is 25.8 Å². The van der Waals surface area contributed by atoms with Crippen molar-refractivity contribution in [2.75, 3.05) is 5.32 Å². The highest BCUT2D eigenvalue weighted by Gasteiger charge is 2.23. The number of rotatable bonds is 2. The molecule has 0 saturated carbocycles. The van der Waals surface area contributed by atoms with Crippen LogP contribution in [0.25, 0.3) is 0 Å². The highest BCUT2D eigenvalue weighted by molar-refractivity contribution is 5.48. The fraction of sp³-hybridized carbons (Fsp3) is 0.538. The van der Waals surface area contributed by atoms with Gasteiger partial charge in [0.25, 0.3) is 0 Å². The number of hydrogen-bond donors (Lipinski definition) is 1. The Labute approximate surface area is 111 Å². The molecular formula is C13H16N6. The predicted octanol–water partition coefficient (Wildman–Crippen LogP) is 0.984. The van der Waals surface area contributed by atoms with E-state index in [-0.39, 0.29) is 0 Å². The van der Waals surface area contributed by atoms with Crippen LogP contribution in [0.3, 0.4) is 0 Å². The van der Waals surface area contributed by atoms with E-state index in [1.165, 1.54) is 17.7 Å². The van der Waals surface area contributed by atoms with Crippen LogP contribution in [0, 0.1) is 0 Å². The van der Waals surface area contributed by atoms with Crippen molar-refractivity contribution in [1.29, 1.82) is 0 Å². The molecule has 2 aromatic rings. The van der Waals surface area contributed by atoms with Crippen LogP contribution < -0.4 is 5.32 Å². The number of aryl methyl sites for hydroxylation is 2. The molecule has 0 amide bonds. The molecule has 0 bridgehead atoms. The average Bonchev–Trinajstić information content (AvgIpc) is 3.06. The van der Waals surface area contributed by atoms with Crippen molar-refractivity contribution in [1.82, 2.24) is 24.7 Å². The van der Waals surface area contributed by atoms with Crippen LogP contribution in [-0.4, -0.2) is 30.8 Å². The zero-order valence-electron chi connectivity index (χ0n) is 10.7. The summed E-state index contributed by atoms with van der Waals surface area (Å²) in [7, 11) is 0. The number of nitrogens with zero attached hydrogens (tertiary/aromatic N) is 5. The highest BCUT2D eigenvalue weighted by Crippen LogP contribution is 2.26. The molecule has 2 aliphatic rings. The molecule has 0 radical (unpaired) electrons. The summed E-state index contributed by atoms with van der Waals surface area (Å²) in [6.07, 6.45) is 8.75. The maximum Gasteiger partial charge on any atom is 0.138 e. The first-order valence-corrected chi connectivity index (χ1v) is 6.86. The molecule has 3 heterocycles. The first-order valence-electron chi connectivity index (χ1n) is 6.86. The van der Waals surface area contributed by atoms with Gasteiger partial charge in [0.1, 0.15) is 24.3 Å². The van der Waals surface area contributed by atoms with Crippen molar-refractivity contribution >= 4 is 5.82 Å². The first kappa shape index (κ1) is 10.9. The van der Waals surface area contributed by atoms with Crippen LogP contribution in [0.2, 0.25) is 0 Å². The minimum atomic E-state index is 0.383. The quantitative estimate of drug-likeness (QED) is 0.867. The van der Waals surface area contributed by atoms with Gasteiger partial charge in [-0.3, -0.25) is 0 Å². The molecule has 4 rings (SSSR count). The molecule has 0 aromatic carbocycles. The summed E-state index contributed by atoms with van der Waals surface area (Å²) in [6, 6.07) is 0.383. The number of aromatic nitrogens is 5. The SMILES string of the molecule is c1nc2c(c(N[C@H]3CCc4ncnn4C3)n1)CCC2. The summed E-state index contributed by atoms with van der Waals surface area (Å²) in [6.45, 7) is 0.869. The van der Waals surface area contributed by atoms with E-state index < -0.39 is 0 Å². The van der Waals surface area contributed by atoms with E-state index >= 15 is 0 Å². The van der Waals surface area contributed by atoms with Gasteiger partial charge in [-0.1, -0.05) is 0 Å². The summed E-state index contributed by atoms with van der Waals surface area (Å²) in [5.41, 5.74) is 2.53. The molecule has 6 heteroatoms. The molecular weight excluding hydrogens is 240 g/mol. The van der Waals surface area contributed by atoms with Crippen molar-refractivity contribution in [3.8, 4) is 0 Å². The van der Waals surface area contributed by atoms with E-state index in [1.54, 1.807) is 12.7 Å². The molecule has 0 spiro atoms. The Morgan fingerprint density at radius 3 is 3.11 bits per heavy atom. The fourth-order valence-electron chi connectivity index (χ4n) is 3.03. The van der Waals surface area contributed by atoms with E-state index in [0.717, 1.165) is 43.9 Å². The normalized spacial score (nSPS) is 20.9. The lowest BCUT2D eigenvalue weighted by Crippen LogP contribution is -2.32. The number of hydrogen-bond acceptors (Lipinski definition) is 5. The van der Waals surface area contributed by atoms with Gasteiger partial charge >= 0.3 is 0 Å². The number of anilines is 1. The van der Waals surface area contributed by atoms with Crippen molar-refractivity contribution < 1.29 is 0 Å². The van der Waals surface area contributed by atoms with Gasteiger partial charge in [-0.25, -0.2) is 19.6 Å². The summed E-state index contributed by atoms with van der Waals surface area (Å²) in [5.74, 6) is 2.11. The van der Waals surface area contributed by atoms with E-state index in [9.17, 15) is 0 Å².